The highest BCUT2D eigenvalue weighted by molar-refractivity contribution is 6.08. The van der Waals surface area contributed by atoms with Gasteiger partial charge in [-0.15, -0.1) is 0 Å². The van der Waals surface area contributed by atoms with Crippen LogP contribution in [0.3, 0.4) is 0 Å². The van der Waals surface area contributed by atoms with Crippen LogP contribution in [-0.2, 0) is 11.2 Å². The molecular formula is C13H12O. The summed E-state index contributed by atoms with van der Waals surface area (Å²) in [5.74, 6) is 0.128. The van der Waals surface area contributed by atoms with Crippen molar-refractivity contribution in [3.63, 3.8) is 0 Å². The summed E-state index contributed by atoms with van der Waals surface area (Å²) in [6.45, 7) is 1.86. The molecule has 0 saturated heterocycles. The Hall–Kier alpha value is -1.63. The molecule has 0 fully saturated rings. The summed E-state index contributed by atoms with van der Waals surface area (Å²) in [4.78, 5) is 11.6. The molecule has 0 aromatic heterocycles. The molecule has 0 bridgehead atoms. The van der Waals surface area contributed by atoms with E-state index in [1.54, 1.807) is 12.2 Å². The van der Waals surface area contributed by atoms with E-state index in [0.29, 0.717) is 0 Å². The van der Waals surface area contributed by atoms with Crippen LogP contribution >= 0.6 is 0 Å². The van der Waals surface area contributed by atoms with Gasteiger partial charge in [0, 0.05) is 12.0 Å². The van der Waals surface area contributed by atoms with Crippen molar-refractivity contribution in [3.8, 4) is 0 Å². The van der Waals surface area contributed by atoms with Gasteiger partial charge in [-0.2, -0.15) is 0 Å². The first kappa shape index (κ1) is 8.95. The molecule has 0 saturated carbocycles. The van der Waals surface area contributed by atoms with Gasteiger partial charge >= 0.3 is 0 Å². The molecule has 0 N–H and O–H groups in total. The zero-order valence-electron chi connectivity index (χ0n) is 8.16. The molecule has 70 valence electrons. The summed E-state index contributed by atoms with van der Waals surface area (Å²) < 4.78 is 0. The van der Waals surface area contributed by atoms with Crippen molar-refractivity contribution < 1.29 is 4.79 Å². The molecule has 2 rings (SSSR count). The van der Waals surface area contributed by atoms with Crippen LogP contribution in [0.25, 0.3) is 6.08 Å². The number of ketones is 1. The predicted molar refractivity (Wildman–Crippen MR) is 57.9 cm³/mol. The lowest BCUT2D eigenvalue weighted by molar-refractivity contribution is -0.111. The molecule has 1 nitrogen and oxygen atoms in total. The summed E-state index contributed by atoms with van der Waals surface area (Å²) in [5, 5.41) is 0. The highest BCUT2D eigenvalue weighted by Gasteiger charge is 2.15. The van der Waals surface area contributed by atoms with Crippen LogP contribution in [0.15, 0.2) is 42.0 Å². The minimum absolute atomic E-state index is 0.128. The number of carbonyl (C=O) groups is 1. The summed E-state index contributed by atoms with van der Waals surface area (Å²) in [7, 11) is 0. The molecule has 0 unspecified atom stereocenters. The van der Waals surface area contributed by atoms with Crippen LogP contribution in [0.2, 0.25) is 0 Å². The van der Waals surface area contributed by atoms with Gasteiger partial charge < -0.3 is 0 Å². The average Bonchev–Trinajstić information content (AvgIpc) is 2.61. The number of benzene rings is 1. The lowest BCUT2D eigenvalue weighted by atomic mass is 10.1. The van der Waals surface area contributed by atoms with E-state index < -0.39 is 0 Å². The topological polar surface area (TPSA) is 17.1 Å². The standard InChI is InChI=1S/C13H12O/c1-2-5-13(14)12-8-10-6-3-4-7-11(10)9-12/h2-8H,9H2,1H3/b5-2-. The lowest BCUT2D eigenvalue weighted by Gasteiger charge is -1.95. The number of hydrogen-bond acceptors (Lipinski definition) is 1. The van der Waals surface area contributed by atoms with Gasteiger partial charge in [0.25, 0.3) is 0 Å². The monoisotopic (exact) mass is 184 g/mol. The van der Waals surface area contributed by atoms with Gasteiger partial charge in [0.15, 0.2) is 5.78 Å². The molecule has 14 heavy (non-hydrogen) atoms. The Bertz CT molecular complexity index is 425. The molecule has 0 heterocycles. The lowest BCUT2D eigenvalue weighted by Crippen LogP contribution is -1.97. The van der Waals surface area contributed by atoms with Crippen LogP contribution in [0.4, 0.5) is 0 Å². The fourth-order valence-corrected chi connectivity index (χ4v) is 1.70. The van der Waals surface area contributed by atoms with Gasteiger partial charge in [-0.25, -0.2) is 0 Å². The number of fused-ring (bicyclic) bond motifs is 1. The maximum absolute atomic E-state index is 11.6. The normalized spacial score (nSPS) is 14.2. The second kappa shape index (κ2) is 3.62. The van der Waals surface area contributed by atoms with E-state index in [1.165, 1.54) is 11.1 Å². The van der Waals surface area contributed by atoms with Crippen molar-refractivity contribution in [2.75, 3.05) is 0 Å². The largest absolute Gasteiger partial charge is 0.290 e. The number of carbonyl (C=O) groups excluding carboxylic acids is 1. The zero-order chi connectivity index (χ0) is 9.97. The summed E-state index contributed by atoms with van der Waals surface area (Å²) in [6, 6.07) is 8.13. The predicted octanol–water partition coefficient (Wildman–Crippen LogP) is 2.77. The Morgan fingerprint density at radius 3 is 2.86 bits per heavy atom. The average molecular weight is 184 g/mol. The molecule has 1 heteroatoms. The molecule has 1 aliphatic carbocycles. The Morgan fingerprint density at radius 2 is 2.14 bits per heavy atom. The fourth-order valence-electron chi connectivity index (χ4n) is 1.70. The highest BCUT2D eigenvalue weighted by atomic mass is 16.1. The van der Waals surface area contributed by atoms with Crippen molar-refractivity contribution in [2.24, 2.45) is 0 Å². The Kier molecular flexibility index (Phi) is 2.32. The van der Waals surface area contributed by atoms with Gasteiger partial charge in [0.05, 0.1) is 0 Å². The van der Waals surface area contributed by atoms with E-state index >= 15 is 0 Å². The first-order valence-corrected chi connectivity index (χ1v) is 4.77. The van der Waals surface area contributed by atoms with Gasteiger partial charge in [-0.3, -0.25) is 4.79 Å². The van der Waals surface area contributed by atoms with E-state index in [4.69, 9.17) is 0 Å². The third kappa shape index (κ3) is 1.53. The molecule has 0 amide bonds. The van der Waals surface area contributed by atoms with Crippen LogP contribution in [0.5, 0.6) is 0 Å². The van der Waals surface area contributed by atoms with Crippen molar-refractivity contribution in [1.29, 1.82) is 0 Å². The van der Waals surface area contributed by atoms with Gasteiger partial charge in [-0.1, -0.05) is 30.3 Å². The molecule has 1 aromatic carbocycles. The zero-order valence-corrected chi connectivity index (χ0v) is 8.16. The first-order chi connectivity index (χ1) is 6.81. The SMILES string of the molecule is C/C=C\C(=O)C1=Cc2ccccc2C1. The molecule has 0 spiro atoms. The molecule has 1 aromatic rings. The van der Waals surface area contributed by atoms with Gasteiger partial charge in [0.1, 0.15) is 0 Å². The van der Waals surface area contributed by atoms with E-state index in [2.05, 4.69) is 6.07 Å². The first-order valence-electron chi connectivity index (χ1n) is 4.77. The van der Waals surface area contributed by atoms with Gasteiger partial charge in [0.2, 0.25) is 0 Å². The smallest absolute Gasteiger partial charge is 0.181 e. The van der Waals surface area contributed by atoms with Crippen LogP contribution in [0.1, 0.15) is 18.1 Å². The number of hydrogen-bond donors (Lipinski definition) is 0. The maximum atomic E-state index is 11.6. The van der Waals surface area contributed by atoms with E-state index in [-0.39, 0.29) is 5.78 Å². The summed E-state index contributed by atoms with van der Waals surface area (Å²) >= 11 is 0. The van der Waals surface area contributed by atoms with Crippen LogP contribution in [0, 0.1) is 0 Å². The third-order valence-electron chi connectivity index (χ3n) is 2.40. The van der Waals surface area contributed by atoms with Crippen molar-refractivity contribution in [2.45, 2.75) is 13.3 Å². The maximum Gasteiger partial charge on any atom is 0.181 e. The van der Waals surface area contributed by atoms with Crippen LogP contribution in [-0.4, -0.2) is 5.78 Å². The molecule has 1 aliphatic rings. The third-order valence-corrected chi connectivity index (χ3v) is 2.40. The second-order valence-electron chi connectivity index (χ2n) is 3.41. The fraction of sp³-hybridized carbons (Fsp3) is 0.154. The van der Waals surface area contributed by atoms with E-state index in [9.17, 15) is 4.79 Å². The number of rotatable bonds is 2. The van der Waals surface area contributed by atoms with E-state index in [1.807, 2.05) is 31.2 Å². The summed E-state index contributed by atoms with van der Waals surface area (Å²) in [6.07, 6.45) is 6.17. The molecule has 0 atom stereocenters. The van der Waals surface area contributed by atoms with E-state index in [0.717, 1.165) is 12.0 Å². The Morgan fingerprint density at radius 1 is 1.36 bits per heavy atom. The Balaban J connectivity index is 2.28. The van der Waals surface area contributed by atoms with Gasteiger partial charge in [-0.05, 0) is 30.2 Å². The quantitative estimate of drug-likeness (QED) is 0.646. The van der Waals surface area contributed by atoms with Crippen molar-refractivity contribution in [3.05, 3.63) is 53.1 Å². The van der Waals surface area contributed by atoms with Crippen molar-refractivity contribution in [1.82, 2.24) is 0 Å². The molecule has 0 aliphatic heterocycles. The number of allylic oxidation sites excluding steroid dienone is 3. The minimum Gasteiger partial charge on any atom is -0.290 e. The second-order valence-corrected chi connectivity index (χ2v) is 3.41. The Labute approximate surface area is 83.8 Å². The molecular weight excluding hydrogens is 172 g/mol. The summed E-state index contributed by atoms with van der Waals surface area (Å²) in [5.41, 5.74) is 3.32. The minimum atomic E-state index is 0.128. The highest BCUT2D eigenvalue weighted by Crippen LogP contribution is 2.25. The molecule has 0 radical (unpaired) electrons. The van der Waals surface area contributed by atoms with Crippen LogP contribution < -0.4 is 0 Å². The van der Waals surface area contributed by atoms with Crippen molar-refractivity contribution >= 4 is 11.9 Å².